The average Bonchev–Trinajstić information content (AvgIpc) is 3.34. The second kappa shape index (κ2) is 9.61. The van der Waals surface area contributed by atoms with Crippen LogP contribution < -0.4 is 4.74 Å². The summed E-state index contributed by atoms with van der Waals surface area (Å²) in [4.78, 5) is 18.2. The van der Waals surface area contributed by atoms with Crippen molar-refractivity contribution < 1.29 is 18.7 Å². The molecule has 7 nitrogen and oxygen atoms in total. The van der Waals surface area contributed by atoms with Gasteiger partial charge in [0.25, 0.3) is 5.91 Å². The van der Waals surface area contributed by atoms with Crippen LogP contribution in [0.5, 0.6) is 5.75 Å². The molecule has 1 atom stereocenters. The van der Waals surface area contributed by atoms with Gasteiger partial charge < -0.3 is 18.8 Å². The van der Waals surface area contributed by atoms with Crippen LogP contribution in [0.15, 0.2) is 65.2 Å². The predicted molar refractivity (Wildman–Crippen MR) is 132 cm³/mol. The zero-order valence-electron chi connectivity index (χ0n) is 19.7. The lowest BCUT2D eigenvalue weighted by molar-refractivity contribution is 0.00732. The van der Waals surface area contributed by atoms with Gasteiger partial charge in [-0.3, -0.25) is 9.78 Å². The fourth-order valence-electron chi connectivity index (χ4n) is 4.21. The van der Waals surface area contributed by atoms with Crippen molar-refractivity contribution in [2.24, 2.45) is 0 Å². The van der Waals surface area contributed by atoms with Gasteiger partial charge in [0, 0.05) is 49.7 Å². The molecule has 1 amide bonds. The average molecular weight is 468 g/mol. The Kier molecular flexibility index (Phi) is 6.21. The molecule has 5 rings (SSSR count). The molecule has 0 unspecified atom stereocenters. The Bertz CT molecular complexity index is 1410. The van der Waals surface area contributed by atoms with E-state index in [-0.39, 0.29) is 12.0 Å². The minimum Gasteiger partial charge on any atom is -0.487 e. The molecule has 4 aromatic rings. The Balaban J connectivity index is 1.46. The summed E-state index contributed by atoms with van der Waals surface area (Å²) in [6.07, 6.45) is 3.55. The summed E-state index contributed by atoms with van der Waals surface area (Å²) in [5.41, 5.74) is 4.95. The van der Waals surface area contributed by atoms with Gasteiger partial charge in [-0.05, 0) is 48.7 Å². The highest BCUT2D eigenvalue weighted by atomic mass is 16.5. The number of furan rings is 1. The van der Waals surface area contributed by atoms with Gasteiger partial charge in [0.1, 0.15) is 29.2 Å². The smallest absolute Gasteiger partial charge is 0.253 e. The maximum absolute atomic E-state index is 12.2. The number of benzene rings is 2. The van der Waals surface area contributed by atoms with Crippen LogP contribution in [0.2, 0.25) is 0 Å². The molecule has 0 bridgehead atoms. The molecule has 0 spiro atoms. The van der Waals surface area contributed by atoms with Crippen molar-refractivity contribution in [2.75, 3.05) is 27.3 Å². The van der Waals surface area contributed by atoms with Crippen molar-refractivity contribution in [3.8, 4) is 34.3 Å². The predicted octanol–water partition coefficient (Wildman–Crippen LogP) is 5.29. The first-order valence-corrected chi connectivity index (χ1v) is 11.5. The lowest BCUT2D eigenvalue weighted by atomic mass is 10.0. The summed E-state index contributed by atoms with van der Waals surface area (Å²) >= 11 is 0. The molecule has 0 radical (unpaired) electrons. The Hall–Kier alpha value is -4.15. The van der Waals surface area contributed by atoms with Gasteiger partial charge in [-0.2, -0.15) is 5.26 Å². The van der Waals surface area contributed by atoms with Crippen LogP contribution in [-0.2, 0) is 4.74 Å². The molecule has 35 heavy (non-hydrogen) atoms. The second-order valence-corrected chi connectivity index (χ2v) is 8.74. The topological polar surface area (TPSA) is 88.6 Å². The standard InChI is InChI=1S/C28H25N3O4/c1-31(2)28(32)19-7-5-18(6-8-19)26-15-24-27(35-26)23(11-12-30-24)20-9-10-25(21(14-20)16-29)34-22-4-3-13-33-17-22/h5-12,14-15,22H,3-4,13,17H2,1-2H3/t22-/m1/s1. The molecule has 2 aromatic carbocycles. The zero-order chi connectivity index (χ0) is 24.4. The van der Waals surface area contributed by atoms with Gasteiger partial charge in [-0.25, -0.2) is 0 Å². The van der Waals surface area contributed by atoms with Crippen molar-refractivity contribution in [1.82, 2.24) is 9.88 Å². The van der Waals surface area contributed by atoms with Gasteiger partial charge in [0.2, 0.25) is 0 Å². The summed E-state index contributed by atoms with van der Waals surface area (Å²) in [5, 5.41) is 9.76. The van der Waals surface area contributed by atoms with E-state index in [9.17, 15) is 10.1 Å². The van der Waals surface area contributed by atoms with Crippen molar-refractivity contribution in [1.29, 1.82) is 5.26 Å². The SMILES string of the molecule is CN(C)C(=O)c1ccc(-c2cc3nccc(-c4ccc(O[C@@H]5CCCOC5)c(C#N)c4)c3o2)cc1. The molecule has 176 valence electrons. The van der Waals surface area contributed by atoms with Crippen LogP contribution in [0.3, 0.4) is 0 Å². The number of amides is 1. The first-order chi connectivity index (χ1) is 17.0. The van der Waals surface area contributed by atoms with E-state index < -0.39 is 0 Å². The van der Waals surface area contributed by atoms with Gasteiger partial charge in [0.05, 0.1) is 12.2 Å². The molecular formula is C28H25N3O4. The molecule has 3 heterocycles. The number of hydrogen-bond donors (Lipinski definition) is 0. The maximum Gasteiger partial charge on any atom is 0.253 e. The molecule has 1 aliphatic rings. The number of aromatic nitrogens is 1. The van der Waals surface area contributed by atoms with Gasteiger partial charge >= 0.3 is 0 Å². The Morgan fingerprint density at radius 1 is 1.11 bits per heavy atom. The van der Waals surface area contributed by atoms with Gasteiger partial charge in [-0.15, -0.1) is 0 Å². The molecule has 1 fully saturated rings. The van der Waals surface area contributed by atoms with E-state index in [2.05, 4.69) is 11.1 Å². The minimum atomic E-state index is -0.0538. The summed E-state index contributed by atoms with van der Waals surface area (Å²) in [6.45, 7) is 1.29. The van der Waals surface area contributed by atoms with E-state index in [0.717, 1.165) is 36.1 Å². The first kappa shape index (κ1) is 22.6. The third-order valence-electron chi connectivity index (χ3n) is 6.06. The normalized spacial score (nSPS) is 15.5. The highest BCUT2D eigenvalue weighted by Gasteiger charge is 2.19. The van der Waals surface area contributed by atoms with Crippen molar-refractivity contribution in [2.45, 2.75) is 18.9 Å². The van der Waals surface area contributed by atoms with E-state index in [1.165, 1.54) is 0 Å². The maximum atomic E-state index is 12.2. The summed E-state index contributed by atoms with van der Waals surface area (Å²) in [7, 11) is 3.45. The van der Waals surface area contributed by atoms with E-state index in [4.69, 9.17) is 13.9 Å². The van der Waals surface area contributed by atoms with Crippen LogP contribution >= 0.6 is 0 Å². The van der Waals surface area contributed by atoms with Crippen LogP contribution in [-0.4, -0.2) is 49.2 Å². The van der Waals surface area contributed by atoms with Crippen LogP contribution in [0, 0.1) is 11.3 Å². The number of ether oxygens (including phenoxy) is 2. The summed E-state index contributed by atoms with van der Waals surface area (Å²) in [5.74, 6) is 1.16. The van der Waals surface area contributed by atoms with Crippen LogP contribution in [0.1, 0.15) is 28.8 Å². The number of pyridine rings is 1. The Labute approximate surface area is 203 Å². The molecule has 1 aliphatic heterocycles. The molecule has 0 saturated carbocycles. The summed E-state index contributed by atoms with van der Waals surface area (Å²) < 4.78 is 17.8. The number of fused-ring (bicyclic) bond motifs is 1. The lowest BCUT2D eigenvalue weighted by Crippen LogP contribution is -2.28. The number of nitrogens with zero attached hydrogens (tertiary/aromatic N) is 3. The fraction of sp³-hybridized carbons (Fsp3) is 0.250. The molecule has 7 heteroatoms. The van der Waals surface area contributed by atoms with E-state index >= 15 is 0 Å². The molecule has 0 aliphatic carbocycles. The molecule has 1 saturated heterocycles. The second-order valence-electron chi connectivity index (χ2n) is 8.74. The Morgan fingerprint density at radius 2 is 1.91 bits per heavy atom. The number of rotatable bonds is 5. The monoisotopic (exact) mass is 467 g/mol. The fourth-order valence-corrected chi connectivity index (χ4v) is 4.21. The van der Waals surface area contributed by atoms with Gasteiger partial charge in [0.15, 0.2) is 5.58 Å². The van der Waals surface area contributed by atoms with Crippen LogP contribution in [0.4, 0.5) is 0 Å². The summed E-state index contributed by atoms with van der Waals surface area (Å²) in [6, 6.07) is 18.9. The van der Waals surface area contributed by atoms with Crippen molar-refractivity contribution in [3.05, 3.63) is 71.9 Å². The van der Waals surface area contributed by atoms with Crippen molar-refractivity contribution >= 4 is 17.0 Å². The third kappa shape index (κ3) is 4.61. The molecule has 2 aromatic heterocycles. The number of nitriles is 1. The molecular weight excluding hydrogens is 442 g/mol. The Morgan fingerprint density at radius 3 is 2.63 bits per heavy atom. The lowest BCUT2D eigenvalue weighted by Gasteiger charge is -2.23. The third-order valence-corrected chi connectivity index (χ3v) is 6.06. The largest absolute Gasteiger partial charge is 0.487 e. The number of carbonyl (C=O) groups excluding carboxylic acids is 1. The first-order valence-electron chi connectivity index (χ1n) is 11.5. The number of hydrogen-bond acceptors (Lipinski definition) is 6. The molecule has 0 N–H and O–H groups in total. The van der Waals surface area contributed by atoms with Crippen LogP contribution in [0.25, 0.3) is 33.6 Å². The highest BCUT2D eigenvalue weighted by Crippen LogP contribution is 2.35. The number of carbonyl (C=O) groups is 1. The minimum absolute atomic E-state index is 0.0404. The quantitative estimate of drug-likeness (QED) is 0.396. The zero-order valence-corrected chi connectivity index (χ0v) is 19.7. The van der Waals surface area contributed by atoms with E-state index in [1.807, 2.05) is 42.5 Å². The highest BCUT2D eigenvalue weighted by molar-refractivity contribution is 5.95. The van der Waals surface area contributed by atoms with Crippen molar-refractivity contribution in [3.63, 3.8) is 0 Å². The van der Waals surface area contributed by atoms with Gasteiger partial charge in [-0.1, -0.05) is 18.2 Å². The van der Waals surface area contributed by atoms with E-state index in [1.54, 1.807) is 37.3 Å². The van der Waals surface area contributed by atoms with E-state index in [0.29, 0.717) is 40.3 Å².